The number of hydrogen-bond acceptors (Lipinski definition) is 4. The van der Waals surface area contributed by atoms with Crippen LogP contribution in [0, 0.1) is 0 Å². The zero-order valence-corrected chi connectivity index (χ0v) is 9.01. The fraction of sp³-hybridized carbons (Fsp3) is 0.222. The first-order chi connectivity index (χ1) is 7.58. The van der Waals surface area contributed by atoms with E-state index in [4.69, 9.17) is 5.73 Å². The summed E-state index contributed by atoms with van der Waals surface area (Å²) in [5, 5.41) is 10.5. The smallest absolute Gasteiger partial charge is 0.276 e. The van der Waals surface area contributed by atoms with Gasteiger partial charge in [0.25, 0.3) is 5.91 Å². The van der Waals surface area contributed by atoms with Crippen LogP contribution in [-0.4, -0.2) is 25.5 Å². The van der Waals surface area contributed by atoms with Crippen molar-refractivity contribution in [2.45, 2.75) is 0 Å². The highest BCUT2D eigenvalue weighted by Crippen LogP contribution is 2.12. The summed E-state index contributed by atoms with van der Waals surface area (Å²) in [6.07, 6.45) is 4.70. The van der Waals surface area contributed by atoms with Crippen LogP contribution in [0.5, 0.6) is 0 Å². The number of nitrogens with one attached hydrogen (secondary N) is 1. The standard InChI is InChI=1S/C9H12N6O/c1-14-5-6(3-11-14)13-9(16)8-7(10)4-12-15(8)2/h3-5H,10H2,1-2H3,(H,13,16). The molecule has 7 nitrogen and oxygen atoms in total. The lowest BCUT2D eigenvalue weighted by molar-refractivity contribution is 0.101. The third-order valence-corrected chi connectivity index (χ3v) is 2.14. The van der Waals surface area contributed by atoms with Crippen LogP contribution in [-0.2, 0) is 14.1 Å². The number of anilines is 2. The number of amides is 1. The van der Waals surface area contributed by atoms with Gasteiger partial charge < -0.3 is 11.1 Å². The highest BCUT2D eigenvalue weighted by molar-refractivity contribution is 6.06. The van der Waals surface area contributed by atoms with E-state index in [0.29, 0.717) is 17.1 Å². The second-order valence-electron chi connectivity index (χ2n) is 3.43. The molecular weight excluding hydrogens is 208 g/mol. The van der Waals surface area contributed by atoms with Crippen molar-refractivity contribution in [2.24, 2.45) is 14.1 Å². The van der Waals surface area contributed by atoms with Gasteiger partial charge in [-0.25, -0.2) is 0 Å². The largest absolute Gasteiger partial charge is 0.396 e. The molecule has 0 bridgehead atoms. The fourth-order valence-electron chi connectivity index (χ4n) is 1.41. The van der Waals surface area contributed by atoms with Crippen molar-refractivity contribution in [1.82, 2.24) is 19.6 Å². The van der Waals surface area contributed by atoms with Crippen LogP contribution in [0.1, 0.15) is 10.5 Å². The van der Waals surface area contributed by atoms with Gasteiger partial charge in [-0.2, -0.15) is 10.2 Å². The third-order valence-electron chi connectivity index (χ3n) is 2.14. The summed E-state index contributed by atoms with van der Waals surface area (Å²) in [5.74, 6) is -0.300. The molecule has 84 valence electrons. The molecule has 0 aromatic carbocycles. The zero-order valence-electron chi connectivity index (χ0n) is 9.01. The summed E-state index contributed by atoms with van der Waals surface area (Å²) in [6, 6.07) is 0. The lowest BCUT2D eigenvalue weighted by atomic mass is 10.3. The summed E-state index contributed by atoms with van der Waals surface area (Å²) >= 11 is 0. The Labute approximate surface area is 91.8 Å². The molecule has 2 aromatic rings. The normalized spacial score (nSPS) is 10.4. The van der Waals surface area contributed by atoms with Crippen LogP contribution < -0.4 is 11.1 Å². The van der Waals surface area contributed by atoms with Crippen LogP contribution in [0.2, 0.25) is 0 Å². The summed E-state index contributed by atoms with van der Waals surface area (Å²) in [6.45, 7) is 0. The van der Waals surface area contributed by atoms with Crippen LogP contribution in [0.25, 0.3) is 0 Å². The first kappa shape index (κ1) is 10.2. The van der Waals surface area contributed by atoms with E-state index in [-0.39, 0.29) is 5.91 Å². The Morgan fingerprint density at radius 1 is 1.38 bits per heavy atom. The number of rotatable bonds is 2. The Balaban J connectivity index is 2.21. The molecule has 3 N–H and O–H groups in total. The molecule has 2 rings (SSSR count). The number of carbonyl (C=O) groups is 1. The van der Waals surface area contributed by atoms with E-state index in [0.717, 1.165) is 0 Å². The van der Waals surface area contributed by atoms with Crippen molar-refractivity contribution >= 4 is 17.3 Å². The van der Waals surface area contributed by atoms with E-state index in [1.54, 1.807) is 31.2 Å². The minimum atomic E-state index is -0.300. The first-order valence-corrected chi connectivity index (χ1v) is 4.65. The topological polar surface area (TPSA) is 90.8 Å². The summed E-state index contributed by atoms with van der Waals surface area (Å²) in [4.78, 5) is 11.8. The maximum atomic E-state index is 11.8. The molecule has 0 aliphatic rings. The van der Waals surface area contributed by atoms with E-state index < -0.39 is 0 Å². The van der Waals surface area contributed by atoms with Gasteiger partial charge in [0.1, 0.15) is 5.69 Å². The number of hydrogen-bond donors (Lipinski definition) is 2. The van der Waals surface area contributed by atoms with Crippen LogP contribution in [0.3, 0.4) is 0 Å². The molecule has 2 heterocycles. The molecule has 0 saturated heterocycles. The van der Waals surface area contributed by atoms with Crippen molar-refractivity contribution in [3.8, 4) is 0 Å². The van der Waals surface area contributed by atoms with E-state index in [9.17, 15) is 4.79 Å². The molecule has 16 heavy (non-hydrogen) atoms. The quantitative estimate of drug-likeness (QED) is 0.744. The van der Waals surface area contributed by atoms with Crippen molar-refractivity contribution in [3.63, 3.8) is 0 Å². The summed E-state index contributed by atoms with van der Waals surface area (Å²) < 4.78 is 3.03. The lowest BCUT2D eigenvalue weighted by Gasteiger charge is -2.03. The Bertz CT molecular complexity index is 506. The predicted octanol–water partition coefficient (Wildman–Crippen LogP) is -0.0119. The highest BCUT2D eigenvalue weighted by atomic mass is 16.2. The molecule has 0 radical (unpaired) electrons. The highest BCUT2D eigenvalue weighted by Gasteiger charge is 2.15. The Morgan fingerprint density at radius 3 is 2.62 bits per heavy atom. The molecular formula is C9H12N6O. The number of aryl methyl sites for hydroxylation is 2. The number of nitrogens with zero attached hydrogens (tertiary/aromatic N) is 4. The van der Waals surface area contributed by atoms with Gasteiger partial charge in [0, 0.05) is 20.3 Å². The number of carbonyl (C=O) groups excluding carboxylic acids is 1. The molecule has 0 unspecified atom stereocenters. The minimum absolute atomic E-state index is 0.300. The Kier molecular flexibility index (Phi) is 2.35. The van der Waals surface area contributed by atoms with Gasteiger partial charge in [0.2, 0.25) is 0 Å². The monoisotopic (exact) mass is 220 g/mol. The van der Waals surface area contributed by atoms with Crippen molar-refractivity contribution in [3.05, 3.63) is 24.3 Å². The third kappa shape index (κ3) is 1.74. The second kappa shape index (κ2) is 3.69. The fourth-order valence-corrected chi connectivity index (χ4v) is 1.41. The van der Waals surface area contributed by atoms with Crippen LogP contribution in [0.15, 0.2) is 18.6 Å². The first-order valence-electron chi connectivity index (χ1n) is 4.65. The second-order valence-corrected chi connectivity index (χ2v) is 3.43. The average Bonchev–Trinajstić information content (AvgIpc) is 2.74. The summed E-state index contributed by atoms with van der Waals surface area (Å²) in [7, 11) is 3.43. The summed E-state index contributed by atoms with van der Waals surface area (Å²) in [5.41, 5.74) is 6.94. The van der Waals surface area contributed by atoms with Crippen LogP contribution >= 0.6 is 0 Å². The van der Waals surface area contributed by atoms with Gasteiger partial charge in [-0.3, -0.25) is 14.2 Å². The van der Waals surface area contributed by atoms with Gasteiger partial charge >= 0.3 is 0 Å². The number of aromatic nitrogens is 4. The number of nitrogens with two attached hydrogens (primary N) is 1. The molecule has 2 aromatic heterocycles. The molecule has 7 heteroatoms. The molecule has 0 aliphatic heterocycles. The number of nitrogen functional groups attached to an aromatic ring is 1. The van der Waals surface area contributed by atoms with Gasteiger partial charge in [0.15, 0.2) is 0 Å². The lowest BCUT2D eigenvalue weighted by Crippen LogP contribution is -2.17. The molecule has 0 fully saturated rings. The van der Waals surface area contributed by atoms with Gasteiger partial charge in [0.05, 0.1) is 23.8 Å². The van der Waals surface area contributed by atoms with Gasteiger partial charge in [-0.15, -0.1) is 0 Å². The zero-order chi connectivity index (χ0) is 11.7. The Morgan fingerprint density at radius 2 is 2.12 bits per heavy atom. The predicted molar refractivity (Wildman–Crippen MR) is 58.8 cm³/mol. The Hall–Kier alpha value is -2.31. The molecule has 0 saturated carbocycles. The maximum absolute atomic E-state index is 11.8. The van der Waals surface area contributed by atoms with Crippen molar-refractivity contribution in [1.29, 1.82) is 0 Å². The van der Waals surface area contributed by atoms with Crippen molar-refractivity contribution in [2.75, 3.05) is 11.1 Å². The van der Waals surface area contributed by atoms with E-state index in [1.165, 1.54) is 10.9 Å². The maximum Gasteiger partial charge on any atom is 0.276 e. The minimum Gasteiger partial charge on any atom is -0.396 e. The SMILES string of the molecule is Cn1cc(NC(=O)c2c(N)cnn2C)cn1. The average molecular weight is 220 g/mol. The van der Waals surface area contributed by atoms with E-state index in [2.05, 4.69) is 15.5 Å². The van der Waals surface area contributed by atoms with E-state index in [1.807, 2.05) is 0 Å². The molecule has 0 spiro atoms. The van der Waals surface area contributed by atoms with Crippen LogP contribution in [0.4, 0.5) is 11.4 Å². The molecule has 0 aliphatic carbocycles. The molecule has 0 atom stereocenters. The molecule has 1 amide bonds. The van der Waals surface area contributed by atoms with Gasteiger partial charge in [-0.05, 0) is 0 Å². The van der Waals surface area contributed by atoms with Crippen molar-refractivity contribution < 1.29 is 4.79 Å². The van der Waals surface area contributed by atoms with Gasteiger partial charge in [-0.1, -0.05) is 0 Å². The van der Waals surface area contributed by atoms with E-state index >= 15 is 0 Å².